The lowest BCUT2D eigenvalue weighted by atomic mass is 9.96. The van der Waals surface area contributed by atoms with Gasteiger partial charge < -0.3 is 11.1 Å². The zero-order valence-corrected chi connectivity index (χ0v) is 12.5. The summed E-state index contributed by atoms with van der Waals surface area (Å²) in [5.41, 5.74) is 5.80. The first-order valence-corrected chi connectivity index (χ1v) is 8.72. The molecule has 0 heterocycles. The third kappa shape index (κ3) is 7.37. The van der Waals surface area contributed by atoms with Gasteiger partial charge >= 0.3 is 0 Å². The molecule has 1 rings (SSSR count). The lowest BCUT2D eigenvalue weighted by molar-refractivity contribution is 0.412. The second-order valence-corrected chi connectivity index (χ2v) is 6.99. The Morgan fingerprint density at radius 2 is 2.00 bits per heavy atom. The molecule has 0 aliphatic heterocycles. The molecule has 0 atom stereocenters. The summed E-state index contributed by atoms with van der Waals surface area (Å²) in [7, 11) is -3.09. The van der Waals surface area contributed by atoms with Gasteiger partial charge in [0.25, 0.3) is 0 Å². The van der Waals surface area contributed by atoms with Crippen LogP contribution in [0, 0.1) is 0 Å². The second-order valence-electron chi connectivity index (χ2n) is 4.90. The van der Waals surface area contributed by atoms with E-state index in [0.717, 1.165) is 12.8 Å². The van der Waals surface area contributed by atoms with Gasteiger partial charge in [-0.2, -0.15) is 0 Å². The molecule has 112 valence electrons. The first-order chi connectivity index (χ1) is 9.03. The summed E-state index contributed by atoms with van der Waals surface area (Å²) < 4.78 is 24.9. The number of hydrogen-bond acceptors (Lipinski definition) is 3. The minimum Gasteiger partial charge on any atom is -0.370 e. The Morgan fingerprint density at radius 1 is 1.32 bits per heavy atom. The average molecular weight is 290 g/mol. The molecule has 0 aromatic heterocycles. The molecule has 0 spiro atoms. The standard InChI is InChI=1S/C12H26N4O2S/c1-2-19(17,18)15-10-6-9-14-12(13)16-11-7-4-3-5-8-11/h11,15H,2-10H2,1H3,(H3,13,14,16). The van der Waals surface area contributed by atoms with Crippen molar-refractivity contribution in [3.63, 3.8) is 0 Å². The molecule has 0 saturated heterocycles. The summed E-state index contributed by atoms with van der Waals surface area (Å²) in [6.07, 6.45) is 6.80. The first-order valence-electron chi connectivity index (χ1n) is 7.07. The number of rotatable bonds is 7. The Labute approximate surface area is 116 Å². The van der Waals surface area contributed by atoms with Crippen LogP contribution in [0.2, 0.25) is 0 Å². The highest BCUT2D eigenvalue weighted by atomic mass is 32.2. The average Bonchev–Trinajstić information content (AvgIpc) is 2.39. The molecular weight excluding hydrogens is 264 g/mol. The van der Waals surface area contributed by atoms with Gasteiger partial charge in [-0.15, -0.1) is 0 Å². The predicted octanol–water partition coefficient (Wildman–Crippen LogP) is 0.553. The van der Waals surface area contributed by atoms with Crippen molar-refractivity contribution in [2.75, 3.05) is 18.8 Å². The fourth-order valence-corrected chi connectivity index (χ4v) is 2.77. The van der Waals surface area contributed by atoms with E-state index in [1.807, 2.05) is 0 Å². The summed E-state index contributed by atoms with van der Waals surface area (Å²) in [6.45, 7) is 2.57. The van der Waals surface area contributed by atoms with Gasteiger partial charge in [-0.3, -0.25) is 4.99 Å². The highest BCUT2D eigenvalue weighted by Gasteiger charge is 2.13. The van der Waals surface area contributed by atoms with Crippen LogP contribution in [0.5, 0.6) is 0 Å². The van der Waals surface area contributed by atoms with Gasteiger partial charge in [0.2, 0.25) is 10.0 Å². The molecule has 1 aliphatic carbocycles. The van der Waals surface area contributed by atoms with Crippen molar-refractivity contribution in [3.8, 4) is 0 Å². The Morgan fingerprint density at radius 3 is 2.63 bits per heavy atom. The van der Waals surface area contributed by atoms with Crippen LogP contribution in [-0.2, 0) is 10.0 Å². The van der Waals surface area contributed by atoms with E-state index in [1.165, 1.54) is 19.3 Å². The predicted molar refractivity (Wildman–Crippen MR) is 78.6 cm³/mol. The van der Waals surface area contributed by atoms with Gasteiger partial charge in [-0.05, 0) is 26.2 Å². The molecule has 0 aromatic rings. The van der Waals surface area contributed by atoms with Crippen LogP contribution in [0.25, 0.3) is 0 Å². The third-order valence-electron chi connectivity index (χ3n) is 3.28. The van der Waals surface area contributed by atoms with Crippen LogP contribution in [0.4, 0.5) is 0 Å². The van der Waals surface area contributed by atoms with E-state index in [2.05, 4.69) is 15.0 Å². The first kappa shape index (κ1) is 16.2. The lowest BCUT2D eigenvalue weighted by Crippen LogP contribution is -2.41. The summed E-state index contributed by atoms with van der Waals surface area (Å²) in [5, 5.41) is 3.23. The summed E-state index contributed by atoms with van der Waals surface area (Å²) in [4.78, 5) is 4.21. The lowest BCUT2D eigenvalue weighted by Gasteiger charge is -2.23. The van der Waals surface area contributed by atoms with E-state index in [-0.39, 0.29) is 5.75 Å². The van der Waals surface area contributed by atoms with Crippen LogP contribution >= 0.6 is 0 Å². The fraction of sp³-hybridized carbons (Fsp3) is 0.917. The number of nitrogens with zero attached hydrogens (tertiary/aromatic N) is 1. The maximum absolute atomic E-state index is 11.2. The largest absolute Gasteiger partial charge is 0.370 e. The van der Waals surface area contributed by atoms with Gasteiger partial charge in [0.15, 0.2) is 5.96 Å². The van der Waals surface area contributed by atoms with Crippen molar-refractivity contribution < 1.29 is 8.42 Å². The Kier molecular flexibility index (Phi) is 7.15. The van der Waals surface area contributed by atoms with Crippen molar-refractivity contribution in [1.82, 2.24) is 10.0 Å². The monoisotopic (exact) mass is 290 g/mol. The molecular formula is C12H26N4O2S. The molecule has 0 radical (unpaired) electrons. The van der Waals surface area contributed by atoms with E-state index >= 15 is 0 Å². The molecule has 4 N–H and O–H groups in total. The highest BCUT2D eigenvalue weighted by Crippen LogP contribution is 2.16. The van der Waals surface area contributed by atoms with Gasteiger partial charge in [0, 0.05) is 19.1 Å². The topological polar surface area (TPSA) is 96.6 Å². The molecule has 0 bridgehead atoms. The van der Waals surface area contributed by atoms with Gasteiger partial charge in [0.05, 0.1) is 5.75 Å². The van der Waals surface area contributed by atoms with E-state index in [4.69, 9.17) is 5.73 Å². The van der Waals surface area contributed by atoms with Crippen LogP contribution in [0.1, 0.15) is 45.4 Å². The third-order valence-corrected chi connectivity index (χ3v) is 4.68. The normalized spacial score (nSPS) is 18.5. The fourth-order valence-electron chi connectivity index (χ4n) is 2.11. The number of aliphatic imine (C=N–C) groups is 1. The molecule has 6 nitrogen and oxygen atoms in total. The molecule has 0 amide bonds. The van der Waals surface area contributed by atoms with Crippen LogP contribution in [0.15, 0.2) is 4.99 Å². The van der Waals surface area contributed by atoms with Crippen LogP contribution in [0.3, 0.4) is 0 Å². The molecule has 1 aliphatic rings. The number of hydrogen-bond donors (Lipinski definition) is 3. The number of nitrogens with one attached hydrogen (secondary N) is 2. The van der Waals surface area contributed by atoms with Gasteiger partial charge in [-0.25, -0.2) is 13.1 Å². The minimum atomic E-state index is -3.09. The van der Waals surface area contributed by atoms with Crippen LogP contribution < -0.4 is 15.8 Å². The molecule has 0 unspecified atom stereocenters. The second kappa shape index (κ2) is 8.37. The van der Waals surface area contributed by atoms with E-state index in [0.29, 0.717) is 31.5 Å². The van der Waals surface area contributed by atoms with Crippen molar-refractivity contribution >= 4 is 16.0 Å². The Hall–Kier alpha value is -0.820. The van der Waals surface area contributed by atoms with Crippen LogP contribution in [-0.4, -0.2) is 39.3 Å². The number of sulfonamides is 1. The smallest absolute Gasteiger partial charge is 0.211 e. The van der Waals surface area contributed by atoms with Crippen molar-refractivity contribution in [3.05, 3.63) is 0 Å². The summed E-state index contributed by atoms with van der Waals surface area (Å²) in [5.74, 6) is 0.590. The van der Waals surface area contributed by atoms with Crippen molar-refractivity contribution in [2.45, 2.75) is 51.5 Å². The SMILES string of the molecule is CCS(=O)(=O)NCCCN=C(N)NC1CCCCC1. The van der Waals surface area contributed by atoms with Gasteiger partial charge in [0.1, 0.15) is 0 Å². The van der Waals surface area contributed by atoms with E-state index in [9.17, 15) is 8.42 Å². The zero-order chi connectivity index (χ0) is 14.1. The molecule has 19 heavy (non-hydrogen) atoms. The highest BCUT2D eigenvalue weighted by molar-refractivity contribution is 7.89. The minimum absolute atomic E-state index is 0.113. The molecule has 1 fully saturated rings. The van der Waals surface area contributed by atoms with Crippen molar-refractivity contribution in [2.24, 2.45) is 10.7 Å². The quantitative estimate of drug-likeness (QED) is 0.362. The maximum Gasteiger partial charge on any atom is 0.211 e. The van der Waals surface area contributed by atoms with E-state index < -0.39 is 10.0 Å². The summed E-state index contributed by atoms with van der Waals surface area (Å²) >= 11 is 0. The molecule has 0 aromatic carbocycles. The van der Waals surface area contributed by atoms with Crippen molar-refractivity contribution in [1.29, 1.82) is 0 Å². The molecule has 7 heteroatoms. The number of guanidine groups is 1. The van der Waals surface area contributed by atoms with Gasteiger partial charge in [-0.1, -0.05) is 19.3 Å². The Balaban J connectivity index is 2.14. The summed E-state index contributed by atoms with van der Waals surface area (Å²) in [6, 6.07) is 0.455. The molecule has 1 saturated carbocycles. The number of nitrogens with two attached hydrogens (primary N) is 1. The maximum atomic E-state index is 11.2. The van der Waals surface area contributed by atoms with E-state index in [1.54, 1.807) is 6.92 Å². The Bertz CT molecular complexity index is 375. The zero-order valence-electron chi connectivity index (χ0n) is 11.7.